The van der Waals surface area contributed by atoms with Gasteiger partial charge in [0, 0.05) is 24.2 Å². The Morgan fingerprint density at radius 1 is 1.20 bits per heavy atom. The fraction of sp³-hybridized carbons (Fsp3) is 0.389. The Morgan fingerprint density at radius 3 is 2.63 bits per heavy atom. The fourth-order valence-electron chi connectivity index (χ4n) is 2.84. The number of thiophene rings is 1. The average molecular weight is 492 g/mol. The molecule has 3 heterocycles. The van der Waals surface area contributed by atoms with Gasteiger partial charge >= 0.3 is 5.97 Å². The number of pyridine rings is 1. The van der Waals surface area contributed by atoms with Crippen molar-refractivity contribution < 1.29 is 22.7 Å². The number of carbonyl (C=O) groups is 2. The van der Waals surface area contributed by atoms with E-state index in [0.717, 1.165) is 30.6 Å². The number of piperidine rings is 1. The van der Waals surface area contributed by atoms with E-state index in [1.165, 1.54) is 22.6 Å². The van der Waals surface area contributed by atoms with Gasteiger partial charge in [-0.15, -0.1) is 11.3 Å². The maximum atomic E-state index is 12.7. The van der Waals surface area contributed by atoms with Crippen LogP contribution in [0.2, 0.25) is 10.0 Å². The Morgan fingerprint density at radius 2 is 1.93 bits per heavy atom. The largest absolute Gasteiger partial charge is 0.455 e. The third kappa shape index (κ3) is 5.92. The van der Waals surface area contributed by atoms with E-state index in [1.54, 1.807) is 6.07 Å². The van der Waals surface area contributed by atoms with Crippen molar-refractivity contribution in [2.24, 2.45) is 0 Å². The van der Waals surface area contributed by atoms with E-state index >= 15 is 0 Å². The van der Waals surface area contributed by atoms with Gasteiger partial charge in [0.25, 0.3) is 15.9 Å². The zero-order valence-corrected chi connectivity index (χ0v) is 18.9. The Hall–Kier alpha value is -1.72. The van der Waals surface area contributed by atoms with Crippen LogP contribution in [0.1, 0.15) is 24.1 Å². The molecule has 0 radical (unpaired) electrons. The number of rotatable bonds is 7. The number of esters is 1. The number of anilines is 1. The van der Waals surface area contributed by atoms with Crippen molar-refractivity contribution in [3.05, 3.63) is 39.3 Å². The summed E-state index contributed by atoms with van der Waals surface area (Å²) in [5.74, 6) is -1.16. The number of hydrogen-bond acceptors (Lipinski definition) is 7. The van der Waals surface area contributed by atoms with Crippen LogP contribution < -0.4 is 5.32 Å². The summed E-state index contributed by atoms with van der Waals surface area (Å²) in [7, 11) is -3.54. The van der Waals surface area contributed by atoms with Gasteiger partial charge in [0.05, 0.1) is 16.5 Å². The number of nitrogens with one attached hydrogen (secondary N) is 1. The third-order valence-corrected chi connectivity index (χ3v) is 8.24. The second-order valence-electron chi connectivity index (χ2n) is 6.56. The molecule has 2 aromatic rings. The molecule has 0 aliphatic carbocycles. The predicted molar refractivity (Wildman–Crippen MR) is 114 cm³/mol. The highest BCUT2D eigenvalue weighted by Crippen LogP contribution is 2.27. The van der Waals surface area contributed by atoms with Gasteiger partial charge in [-0.3, -0.25) is 9.59 Å². The summed E-state index contributed by atoms with van der Waals surface area (Å²) >= 11 is 12.7. The van der Waals surface area contributed by atoms with Crippen LogP contribution in [-0.2, 0) is 30.8 Å². The van der Waals surface area contributed by atoms with Gasteiger partial charge in [0.15, 0.2) is 12.4 Å². The van der Waals surface area contributed by atoms with E-state index in [0.29, 0.717) is 23.0 Å². The molecule has 1 amide bonds. The Kier molecular flexibility index (Phi) is 7.70. The molecule has 0 bridgehead atoms. The first kappa shape index (κ1) is 23.0. The number of sulfonamides is 1. The van der Waals surface area contributed by atoms with E-state index in [1.807, 2.05) is 0 Å². The number of aromatic nitrogens is 1. The number of halogens is 2. The molecule has 12 heteroatoms. The minimum atomic E-state index is -3.54. The number of carbonyl (C=O) groups excluding carboxylic acids is 2. The minimum Gasteiger partial charge on any atom is -0.455 e. The number of hydrogen-bond donors (Lipinski definition) is 1. The quantitative estimate of drug-likeness (QED) is 0.595. The molecule has 2 aromatic heterocycles. The van der Waals surface area contributed by atoms with Crippen LogP contribution in [0.25, 0.3) is 0 Å². The molecule has 8 nitrogen and oxygen atoms in total. The maximum absolute atomic E-state index is 12.7. The van der Waals surface area contributed by atoms with Crippen LogP contribution in [0.5, 0.6) is 0 Å². The molecular formula is C18H19Cl2N3O5S2. The summed E-state index contributed by atoms with van der Waals surface area (Å²) in [6.07, 6.45) is 3.92. The van der Waals surface area contributed by atoms with Gasteiger partial charge < -0.3 is 10.1 Å². The standard InChI is InChI=1S/C18H19Cl2N3O5S2/c19-12-8-14(20)18(21-10-12)22-15(24)11-28-16(25)9-13-4-5-17(29-13)30(26,27)23-6-2-1-3-7-23/h4-5,8,10H,1-3,6-7,9,11H2,(H,21,22,24). The zero-order chi connectivity index (χ0) is 21.7. The molecule has 0 spiro atoms. The Labute approximate surface area is 188 Å². The topological polar surface area (TPSA) is 106 Å². The van der Waals surface area contributed by atoms with Crippen LogP contribution in [0.4, 0.5) is 5.82 Å². The van der Waals surface area contributed by atoms with Crippen molar-refractivity contribution in [2.45, 2.75) is 29.9 Å². The second kappa shape index (κ2) is 10.1. The van der Waals surface area contributed by atoms with Gasteiger partial charge in [-0.2, -0.15) is 4.31 Å². The van der Waals surface area contributed by atoms with Crippen molar-refractivity contribution in [2.75, 3.05) is 25.0 Å². The Balaban J connectivity index is 1.51. The first-order chi connectivity index (χ1) is 14.3. The SMILES string of the molecule is O=C(COC(=O)Cc1ccc(S(=O)(=O)N2CCCCC2)s1)Nc1ncc(Cl)cc1Cl. The van der Waals surface area contributed by atoms with Gasteiger partial charge in [-0.05, 0) is 31.0 Å². The molecule has 1 saturated heterocycles. The summed E-state index contributed by atoms with van der Waals surface area (Å²) in [6, 6.07) is 4.50. The molecule has 1 aliphatic heterocycles. The third-order valence-electron chi connectivity index (χ3n) is 4.29. The molecular weight excluding hydrogens is 473 g/mol. The summed E-state index contributed by atoms with van der Waals surface area (Å²) in [5.41, 5.74) is 0. The first-order valence-electron chi connectivity index (χ1n) is 9.11. The lowest BCUT2D eigenvalue weighted by molar-refractivity contribution is -0.146. The molecule has 30 heavy (non-hydrogen) atoms. The van der Waals surface area contributed by atoms with Crippen molar-refractivity contribution >= 4 is 62.3 Å². The number of nitrogens with zero attached hydrogens (tertiary/aromatic N) is 2. The van der Waals surface area contributed by atoms with Gasteiger partial charge in [0.1, 0.15) is 4.21 Å². The molecule has 1 N–H and O–H groups in total. The van der Waals surface area contributed by atoms with E-state index in [-0.39, 0.29) is 21.5 Å². The van der Waals surface area contributed by atoms with Crippen molar-refractivity contribution in [3.8, 4) is 0 Å². The lowest BCUT2D eigenvalue weighted by atomic mass is 10.2. The Bertz CT molecular complexity index is 1040. The number of amides is 1. The summed E-state index contributed by atoms with van der Waals surface area (Å²) < 4.78 is 32.0. The number of ether oxygens (including phenoxy) is 1. The van der Waals surface area contributed by atoms with Crippen molar-refractivity contribution in [1.82, 2.24) is 9.29 Å². The minimum absolute atomic E-state index is 0.105. The lowest BCUT2D eigenvalue weighted by Crippen LogP contribution is -2.35. The van der Waals surface area contributed by atoms with Gasteiger partial charge in [-0.1, -0.05) is 29.6 Å². The van der Waals surface area contributed by atoms with Crippen LogP contribution in [-0.4, -0.2) is 49.3 Å². The molecule has 0 saturated carbocycles. The smallest absolute Gasteiger partial charge is 0.311 e. The molecule has 1 fully saturated rings. The molecule has 0 atom stereocenters. The zero-order valence-electron chi connectivity index (χ0n) is 15.8. The van der Waals surface area contributed by atoms with Gasteiger partial charge in [0.2, 0.25) is 0 Å². The van der Waals surface area contributed by atoms with Crippen LogP contribution in [0.15, 0.2) is 28.6 Å². The first-order valence-corrected chi connectivity index (χ1v) is 12.1. The maximum Gasteiger partial charge on any atom is 0.311 e. The van der Waals surface area contributed by atoms with E-state index in [2.05, 4.69) is 10.3 Å². The lowest BCUT2D eigenvalue weighted by Gasteiger charge is -2.25. The van der Waals surface area contributed by atoms with Crippen LogP contribution >= 0.6 is 34.5 Å². The van der Waals surface area contributed by atoms with Crippen molar-refractivity contribution in [3.63, 3.8) is 0 Å². The van der Waals surface area contributed by atoms with Crippen LogP contribution in [0, 0.1) is 0 Å². The summed E-state index contributed by atoms with van der Waals surface area (Å²) in [6.45, 7) is 0.502. The van der Waals surface area contributed by atoms with E-state index in [4.69, 9.17) is 27.9 Å². The molecule has 0 aromatic carbocycles. The highest BCUT2D eigenvalue weighted by molar-refractivity contribution is 7.91. The monoisotopic (exact) mass is 491 g/mol. The summed E-state index contributed by atoms with van der Waals surface area (Å²) in [4.78, 5) is 28.4. The van der Waals surface area contributed by atoms with Crippen molar-refractivity contribution in [1.29, 1.82) is 0 Å². The van der Waals surface area contributed by atoms with Gasteiger partial charge in [-0.25, -0.2) is 13.4 Å². The normalized spacial score (nSPS) is 15.0. The fourth-order valence-corrected chi connectivity index (χ4v) is 6.28. The van der Waals surface area contributed by atoms with E-state index in [9.17, 15) is 18.0 Å². The molecule has 162 valence electrons. The van der Waals surface area contributed by atoms with E-state index < -0.39 is 28.5 Å². The molecule has 3 rings (SSSR count). The highest BCUT2D eigenvalue weighted by atomic mass is 35.5. The average Bonchev–Trinajstić information content (AvgIpc) is 3.18. The summed E-state index contributed by atoms with van der Waals surface area (Å²) in [5, 5.41) is 2.89. The molecule has 1 aliphatic rings. The molecule has 0 unspecified atom stereocenters. The predicted octanol–water partition coefficient (Wildman–Crippen LogP) is 3.35. The highest BCUT2D eigenvalue weighted by Gasteiger charge is 2.27. The second-order valence-corrected chi connectivity index (χ2v) is 10.7. The van der Waals surface area contributed by atoms with Crippen LogP contribution in [0.3, 0.4) is 0 Å².